The van der Waals surface area contributed by atoms with Crippen LogP contribution in [-0.4, -0.2) is 11.0 Å². The number of nitrogen functional groups attached to an aromatic ring is 1. The zero-order valence-electron chi connectivity index (χ0n) is 7.59. The van der Waals surface area contributed by atoms with Crippen LogP contribution in [0.4, 0.5) is 0 Å². The van der Waals surface area contributed by atoms with Crippen molar-refractivity contribution in [3.8, 4) is 5.75 Å². The zero-order valence-corrected chi connectivity index (χ0v) is 7.59. The molecule has 0 atom stereocenters. The van der Waals surface area contributed by atoms with Gasteiger partial charge >= 0.3 is 0 Å². The molecule has 1 aromatic rings. The summed E-state index contributed by atoms with van der Waals surface area (Å²) < 4.78 is 0. The number of nitrogens with two attached hydrogens (primary N) is 1. The molecule has 0 saturated carbocycles. The first-order chi connectivity index (χ1) is 6.06. The highest BCUT2D eigenvalue weighted by Gasteiger charge is 2.11. The third-order valence-electron chi connectivity index (χ3n) is 1.82. The molecule has 0 fully saturated rings. The maximum Gasteiger partial charge on any atom is 0.268 e. The summed E-state index contributed by atoms with van der Waals surface area (Å²) in [7, 11) is 0. The Morgan fingerprint density at radius 3 is 2.62 bits per heavy atom. The summed E-state index contributed by atoms with van der Waals surface area (Å²) in [5, 5.41) is 9.51. The molecule has 1 rings (SSSR count). The molecule has 0 saturated heterocycles. The van der Waals surface area contributed by atoms with Crippen LogP contribution in [0.3, 0.4) is 0 Å². The molecule has 0 unspecified atom stereocenters. The molecule has 4 heteroatoms. The number of benzene rings is 1. The lowest BCUT2D eigenvalue weighted by atomic mass is 10.1. The molecular weight excluding hydrogens is 168 g/mol. The van der Waals surface area contributed by atoms with Crippen LogP contribution in [0.25, 0.3) is 0 Å². The van der Waals surface area contributed by atoms with Gasteiger partial charge in [-0.15, -0.1) is 0 Å². The number of aryl methyl sites for hydroxylation is 2. The molecule has 4 N–H and O–H groups in total. The van der Waals surface area contributed by atoms with Gasteiger partial charge in [0.15, 0.2) is 0 Å². The average Bonchev–Trinajstić information content (AvgIpc) is 2.10. The number of phenolic OH excluding ortho intramolecular Hbond substituents is 1. The standard InChI is InChI=1S/C9H12N2O2/c1-5-3-6(2)8(12)7(4-5)9(13)11-10/h3-4,12H,10H2,1-2H3,(H,11,13). The van der Waals surface area contributed by atoms with Gasteiger partial charge in [-0.05, 0) is 31.0 Å². The molecule has 0 aromatic heterocycles. The summed E-state index contributed by atoms with van der Waals surface area (Å²) in [6.07, 6.45) is 0. The topological polar surface area (TPSA) is 75.3 Å². The predicted molar refractivity (Wildman–Crippen MR) is 49.2 cm³/mol. The van der Waals surface area contributed by atoms with Gasteiger partial charge in [-0.1, -0.05) is 6.07 Å². The molecule has 70 valence electrons. The first kappa shape index (κ1) is 9.54. The average molecular weight is 180 g/mol. The van der Waals surface area contributed by atoms with E-state index in [-0.39, 0.29) is 11.3 Å². The highest BCUT2D eigenvalue weighted by Crippen LogP contribution is 2.23. The Morgan fingerprint density at radius 1 is 1.46 bits per heavy atom. The number of phenols is 1. The van der Waals surface area contributed by atoms with Gasteiger partial charge in [0.2, 0.25) is 0 Å². The van der Waals surface area contributed by atoms with Crippen LogP contribution >= 0.6 is 0 Å². The Kier molecular flexibility index (Phi) is 2.53. The molecule has 1 amide bonds. The smallest absolute Gasteiger partial charge is 0.268 e. The zero-order chi connectivity index (χ0) is 10.0. The van der Waals surface area contributed by atoms with E-state index in [1.165, 1.54) is 0 Å². The van der Waals surface area contributed by atoms with Crippen LogP contribution in [0.5, 0.6) is 5.75 Å². The van der Waals surface area contributed by atoms with Gasteiger partial charge in [0.1, 0.15) is 5.75 Å². The summed E-state index contributed by atoms with van der Waals surface area (Å²) in [6, 6.07) is 3.38. The predicted octanol–water partition coefficient (Wildman–Crippen LogP) is 0.613. The first-order valence-electron chi connectivity index (χ1n) is 3.87. The van der Waals surface area contributed by atoms with E-state index in [4.69, 9.17) is 5.84 Å². The summed E-state index contributed by atoms with van der Waals surface area (Å²) in [5.74, 6) is 4.46. The van der Waals surface area contributed by atoms with Crippen LogP contribution in [0.1, 0.15) is 21.5 Å². The summed E-state index contributed by atoms with van der Waals surface area (Å²) >= 11 is 0. The number of carbonyl (C=O) groups excluding carboxylic acids is 1. The number of carbonyl (C=O) groups is 1. The van der Waals surface area contributed by atoms with Gasteiger partial charge in [-0.2, -0.15) is 0 Å². The molecule has 1 aromatic carbocycles. The van der Waals surface area contributed by atoms with Gasteiger partial charge in [-0.3, -0.25) is 10.2 Å². The largest absolute Gasteiger partial charge is 0.507 e. The van der Waals surface area contributed by atoms with Crippen molar-refractivity contribution >= 4 is 5.91 Å². The number of rotatable bonds is 1. The van der Waals surface area contributed by atoms with E-state index in [0.717, 1.165) is 5.56 Å². The van der Waals surface area contributed by atoms with Crippen molar-refractivity contribution in [2.45, 2.75) is 13.8 Å². The van der Waals surface area contributed by atoms with Crippen molar-refractivity contribution in [2.75, 3.05) is 0 Å². The van der Waals surface area contributed by atoms with E-state index in [2.05, 4.69) is 0 Å². The highest BCUT2D eigenvalue weighted by atomic mass is 16.3. The van der Waals surface area contributed by atoms with E-state index in [9.17, 15) is 9.90 Å². The van der Waals surface area contributed by atoms with Crippen LogP contribution in [0.2, 0.25) is 0 Å². The minimum atomic E-state index is -0.482. The van der Waals surface area contributed by atoms with Crippen molar-refractivity contribution in [1.29, 1.82) is 0 Å². The molecule has 0 aliphatic rings. The number of aromatic hydroxyl groups is 1. The maximum atomic E-state index is 11.1. The SMILES string of the molecule is Cc1cc(C)c(O)c(C(=O)NN)c1. The Morgan fingerprint density at radius 2 is 2.08 bits per heavy atom. The second-order valence-electron chi connectivity index (χ2n) is 2.95. The molecule has 0 heterocycles. The van der Waals surface area contributed by atoms with E-state index < -0.39 is 5.91 Å². The van der Waals surface area contributed by atoms with Crippen molar-refractivity contribution in [1.82, 2.24) is 5.43 Å². The second-order valence-corrected chi connectivity index (χ2v) is 2.95. The summed E-state index contributed by atoms with van der Waals surface area (Å²) in [5.41, 5.74) is 3.76. The lowest BCUT2D eigenvalue weighted by Crippen LogP contribution is -2.30. The number of nitrogens with one attached hydrogen (secondary N) is 1. The number of hydrogen-bond acceptors (Lipinski definition) is 3. The lowest BCUT2D eigenvalue weighted by molar-refractivity contribution is 0.0950. The fourth-order valence-electron chi connectivity index (χ4n) is 1.21. The molecule has 0 bridgehead atoms. The molecule has 0 aliphatic carbocycles. The van der Waals surface area contributed by atoms with Gasteiger partial charge < -0.3 is 5.11 Å². The van der Waals surface area contributed by atoms with Crippen LogP contribution in [-0.2, 0) is 0 Å². The lowest BCUT2D eigenvalue weighted by Gasteiger charge is -2.06. The Bertz CT molecular complexity index is 348. The van der Waals surface area contributed by atoms with Crippen molar-refractivity contribution in [3.05, 3.63) is 28.8 Å². The van der Waals surface area contributed by atoms with Crippen LogP contribution in [0.15, 0.2) is 12.1 Å². The van der Waals surface area contributed by atoms with Crippen molar-refractivity contribution in [2.24, 2.45) is 5.84 Å². The Labute approximate surface area is 76.3 Å². The second kappa shape index (κ2) is 3.45. The van der Waals surface area contributed by atoms with Gasteiger partial charge in [-0.25, -0.2) is 5.84 Å². The maximum absolute atomic E-state index is 11.1. The minimum absolute atomic E-state index is 0.0199. The fourth-order valence-corrected chi connectivity index (χ4v) is 1.21. The van der Waals surface area contributed by atoms with E-state index in [1.807, 2.05) is 12.3 Å². The molecule has 13 heavy (non-hydrogen) atoms. The Balaban J connectivity index is 3.28. The fraction of sp³-hybridized carbons (Fsp3) is 0.222. The van der Waals surface area contributed by atoms with Gasteiger partial charge in [0, 0.05) is 0 Å². The highest BCUT2D eigenvalue weighted by molar-refractivity contribution is 5.97. The number of amides is 1. The first-order valence-corrected chi connectivity index (χ1v) is 3.87. The van der Waals surface area contributed by atoms with Gasteiger partial charge in [0.25, 0.3) is 5.91 Å². The number of hydrogen-bond donors (Lipinski definition) is 3. The molecular formula is C9H12N2O2. The van der Waals surface area contributed by atoms with Crippen LogP contribution < -0.4 is 11.3 Å². The van der Waals surface area contributed by atoms with E-state index >= 15 is 0 Å². The monoisotopic (exact) mass is 180 g/mol. The van der Waals surface area contributed by atoms with Gasteiger partial charge in [0.05, 0.1) is 5.56 Å². The third-order valence-corrected chi connectivity index (χ3v) is 1.82. The minimum Gasteiger partial charge on any atom is -0.507 e. The normalized spacial score (nSPS) is 9.77. The molecule has 0 radical (unpaired) electrons. The summed E-state index contributed by atoms with van der Waals surface area (Å²) in [6.45, 7) is 3.58. The van der Waals surface area contributed by atoms with Crippen molar-refractivity contribution < 1.29 is 9.90 Å². The van der Waals surface area contributed by atoms with E-state index in [1.54, 1.807) is 19.1 Å². The molecule has 0 aliphatic heterocycles. The van der Waals surface area contributed by atoms with E-state index in [0.29, 0.717) is 5.56 Å². The third kappa shape index (κ3) is 1.78. The Hall–Kier alpha value is -1.55. The molecule has 0 spiro atoms. The number of hydrazine groups is 1. The summed E-state index contributed by atoms with van der Waals surface area (Å²) in [4.78, 5) is 11.1. The van der Waals surface area contributed by atoms with Crippen molar-refractivity contribution in [3.63, 3.8) is 0 Å². The molecule has 4 nitrogen and oxygen atoms in total. The quantitative estimate of drug-likeness (QED) is 0.337. The van der Waals surface area contributed by atoms with Crippen LogP contribution in [0, 0.1) is 13.8 Å².